The summed E-state index contributed by atoms with van der Waals surface area (Å²) in [5.74, 6) is -0.186. The van der Waals surface area contributed by atoms with Crippen molar-refractivity contribution in [3.8, 4) is 0 Å². The maximum absolute atomic E-state index is 10.6. The van der Waals surface area contributed by atoms with Gasteiger partial charge < -0.3 is 15.8 Å². The molecule has 0 spiro atoms. The summed E-state index contributed by atoms with van der Waals surface area (Å²) in [6, 6.07) is 7.31. The van der Waals surface area contributed by atoms with E-state index in [4.69, 9.17) is 5.73 Å². The van der Waals surface area contributed by atoms with Crippen LogP contribution in [0, 0.1) is 10.1 Å². The molecule has 0 bridgehead atoms. The molecule has 2 aromatic rings. The summed E-state index contributed by atoms with van der Waals surface area (Å²) in [7, 11) is 0. The monoisotopic (exact) mass is 296 g/mol. The highest BCUT2D eigenvalue weighted by Crippen LogP contribution is 2.22. The van der Waals surface area contributed by atoms with Gasteiger partial charge in [-0.25, -0.2) is 0 Å². The molecule has 1 aromatic carbocycles. The van der Waals surface area contributed by atoms with Crippen LogP contribution in [0.25, 0.3) is 0 Å². The summed E-state index contributed by atoms with van der Waals surface area (Å²) in [5, 5.41) is 14.5. The van der Waals surface area contributed by atoms with E-state index in [-0.39, 0.29) is 5.82 Å². The first-order chi connectivity index (χ1) is 8.06. The highest BCUT2D eigenvalue weighted by Gasteiger charge is 2.18. The topological polar surface area (TPSA) is 87.0 Å². The Balaban J connectivity index is 2.25. The molecular formula is C10H9BrN4O2. The number of hydrogen-bond acceptors (Lipinski definition) is 4. The van der Waals surface area contributed by atoms with Gasteiger partial charge in [-0.15, -0.1) is 0 Å². The van der Waals surface area contributed by atoms with Gasteiger partial charge in [0.2, 0.25) is 0 Å². The molecular weight excluding hydrogens is 288 g/mol. The first kappa shape index (κ1) is 11.6. The average molecular weight is 297 g/mol. The first-order valence-corrected chi connectivity index (χ1v) is 5.57. The molecule has 0 aliphatic heterocycles. The van der Waals surface area contributed by atoms with Crippen molar-refractivity contribution >= 4 is 27.4 Å². The van der Waals surface area contributed by atoms with Gasteiger partial charge in [-0.2, -0.15) is 4.68 Å². The van der Waals surface area contributed by atoms with Gasteiger partial charge in [-0.05, 0) is 38.5 Å². The molecule has 0 saturated carbocycles. The molecule has 1 aromatic heterocycles. The van der Waals surface area contributed by atoms with E-state index in [1.165, 1.54) is 4.68 Å². The number of hydrogen-bond donors (Lipinski definition) is 1. The largest absolute Gasteiger partial charge is 0.404 e. The summed E-state index contributed by atoms with van der Waals surface area (Å²) in [5.41, 5.74) is 7.24. The van der Waals surface area contributed by atoms with Crippen molar-refractivity contribution in [3.05, 3.63) is 50.6 Å². The van der Waals surface area contributed by atoms with E-state index >= 15 is 0 Å². The quantitative estimate of drug-likeness (QED) is 0.534. The minimum Gasteiger partial charge on any atom is -0.399 e. The molecule has 88 valence electrons. The zero-order valence-electron chi connectivity index (χ0n) is 8.71. The van der Waals surface area contributed by atoms with Gasteiger partial charge in [0.05, 0.1) is 17.8 Å². The Labute approximate surface area is 105 Å². The third kappa shape index (κ3) is 2.62. The number of anilines is 1. The number of nitro groups is 1. The summed E-state index contributed by atoms with van der Waals surface area (Å²) in [6.45, 7) is 0.442. The molecule has 2 rings (SSSR count). The van der Waals surface area contributed by atoms with Crippen LogP contribution in [0.2, 0.25) is 0 Å². The molecule has 0 radical (unpaired) electrons. The Morgan fingerprint density at radius 2 is 2.29 bits per heavy atom. The SMILES string of the molecule is Nc1cccc(Cn2cc(Br)c([N+](=O)[O-])n2)c1. The minimum absolute atomic E-state index is 0.186. The fourth-order valence-corrected chi connectivity index (χ4v) is 1.93. The summed E-state index contributed by atoms with van der Waals surface area (Å²) >= 11 is 3.10. The lowest BCUT2D eigenvalue weighted by molar-refractivity contribution is -0.390. The molecule has 0 aliphatic rings. The van der Waals surface area contributed by atoms with Crippen molar-refractivity contribution in [2.24, 2.45) is 0 Å². The zero-order valence-corrected chi connectivity index (χ0v) is 10.3. The molecule has 1 heterocycles. The first-order valence-electron chi connectivity index (χ1n) is 4.78. The summed E-state index contributed by atoms with van der Waals surface area (Å²) < 4.78 is 1.86. The Hall–Kier alpha value is -1.89. The van der Waals surface area contributed by atoms with E-state index in [0.29, 0.717) is 16.7 Å². The minimum atomic E-state index is -0.528. The molecule has 0 amide bonds. The highest BCUT2D eigenvalue weighted by atomic mass is 79.9. The fraction of sp³-hybridized carbons (Fsp3) is 0.100. The van der Waals surface area contributed by atoms with Crippen LogP contribution in [-0.4, -0.2) is 14.7 Å². The number of aromatic nitrogens is 2. The zero-order chi connectivity index (χ0) is 12.4. The molecule has 0 fully saturated rings. The lowest BCUT2D eigenvalue weighted by Crippen LogP contribution is -2.01. The molecule has 0 aliphatic carbocycles. The lowest BCUT2D eigenvalue weighted by Gasteiger charge is -1.99. The second kappa shape index (κ2) is 4.54. The van der Waals surface area contributed by atoms with Crippen molar-refractivity contribution in [1.82, 2.24) is 9.78 Å². The second-order valence-corrected chi connectivity index (χ2v) is 4.35. The number of nitrogens with zero attached hydrogens (tertiary/aromatic N) is 3. The number of rotatable bonds is 3. The lowest BCUT2D eigenvalue weighted by atomic mass is 10.2. The highest BCUT2D eigenvalue weighted by molar-refractivity contribution is 9.10. The van der Waals surface area contributed by atoms with Gasteiger partial charge in [-0.3, -0.25) is 0 Å². The Kier molecular flexibility index (Phi) is 3.10. The third-order valence-corrected chi connectivity index (χ3v) is 2.73. The van der Waals surface area contributed by atoms with E-state index in [2.05, 4.69) is 21.0 Å². The number of nitrogen functional groups attached to an aromatic ring is 1. The Morgan fingerprint density at radius 1 is 1.53 bits per heavy atom. The molecule has 6 nitrogen and oxygen atoms in total. The van der Waals surface area contributed by atoms with Crippen molar-refractivity contribution in [2.75, 3.05) is 5.73 Å². The van der Waals surface area contributed by atoms with E-state index in [9.17, 15) is 10.1 Å². The van der Waals surface area contributed by atoms with Crippen LogP contribution in [0.4, 0.5) is 11.5 Å². The summed E-state index contributed by atoms with van der Waals surface area (Å²) in [4.78, 5) is 10.1. The second-order valence-electron chi connectivity index (χ2n) is 3.50. The van der Waals surface area contributed by atoms with Gasteiger partial charge in [-0.1, -0.05) is 12.1 Å². The molecule has 2 N–H and O–H groups in total. The van der Waals surface area contributed by atoms with E-state index in [1.54, 1.807) is 18.3 Å². The van der Waals surface area contributed by atoms with Crippen LogP contribution < -0.4 is 5.73 Å². The molecule has 7 heteroatoms. The fourth-order valence-electron chi connectivity index (χ4n) is 1.47. The van der Waals surface area contributed by atoms with E-state index in [0.717, 1.165) is 5.56 Å². The Morgan fingerprint density at radius 3 is 2.88 bits per heavy atom. The average Bonchev–Trinajstić information content (AvgIpc) is 2.59. The normalized spacial score (nSPS) is 10.4. The predicted octanol–water partition coefficient (Wildman–Crippen LogP) is 2.18. The Bertz CT molecular complexity index is 567. The number of benzene rings is 1. The molecule has 17 heavy (non-hydrogen) atoms. The van der Waals surface area contributed by atoms with Gasteiger partial charge in [0.1, 0.15) is 4.47 Å². The standard InChI is InChI=1S/C10H9BrN4O2/c11-9-6-14(13-10(9)15(16)17)5-7-2-1-3-8(12)4-7/h1-4,6H,5,12H2. The predicted molar refractivity (Wildman–Crippen MR) is 66.5 cm³/mol. The van der Waals surface area contributed by atoms with Crippen molar-refractivity contribution < 1.29 is 4.92 Å². The van der Waals surface area contributed by atoms with E-state index in [1.807, 2.05) is 12.1 Å². The van der Waals surface area contributed by atoms with Crippen molar-refractivity contribution in [1.29, 1.82) is 0 Å². The van der Waals surface area contributed by atoms with Gasteiger partial charge in [0.15, 0.2) is 0 Å². The van der Waals surface area contributed by atoms with Crippen LogP contribution in [0.1, 0.15) is 5.56 Å². The van der Waals surface area contributed by atoms with Crippen LogP contribution in [0.15, 0.2) is 34.9 Å². The maximum Gasteiger partial charge on any atom is 0.404 e. The van der Waals surface area contributed by atoms with E-state index < -0.39 is 4.92 Å². The smallest absolute Gasteiger partial charge is 0.399 e. The van der Waals surface area contributed by atoms with Crippen molar-refractivity contribution in [3.63, 3.8) is 0 Å². The number of nitrogens with two attached hydrogens (primary N) is 1. The molecule has 0 atom stereocenters. The summed E-state index contributed by atoms with van der Waals surface area (Å²) in [6.07, 6.45) is 1.57. The van der Waals surface area contributed by atoms with Crippen LogP contribution in [-0.2, 0) is 6.54 Å². The maximum atomic E-state index is 10.6. The van der Waals surface area contributed by atoms with Gasteiger partial charge in [0.25, 0.3) is 0 Å². The third-order valence-electron chi connectivity index (χ3n) is 2.17. The van der Waals surface area contributed by atoms with Crippen LogP contribution >= 0.6 is 15.9 Å². The van der Waals surface area contributed by atoms with Crippen molar-refractivity contribution in [2.45, 2.75) is 6.54 Å². The number of halogens is 1. The van der Waals surface area contributed by atoms with Crippen LogP contribution in [0.3, 0.4) is 0 Å². The van der Waals surface area contributed by atoms with Gasteiger partial charge >= 0.3 is 5.82 Å². The molecule has 0 unspecified atom stereocenters. The molecule has 0 saturated heterocycles. The van der Waals surface area contributed by atoms with Crippen LogP contribution in [0.5, 0.6) is 0 Å². The van der Waals surface area contributed by atoms with Gasteiger partial charge in [0, 0.05) is 5.69 Å².